The smallest absolute Gasteiger partial charge is 0.290 e. The van der Waals surface area contributed by atoms with Crippen molar-refractivity contribution in [3.63, 3.8) is 0 Å². The predicted molar refractivity (Wildman–Crippen MR) is 150 cm³/mol. The van der Waals surface area contributed by atoms with Gasteiger partial charge in [-0.05, 0) is 44.4 Å². The van der Waals surface area contributed by atoms with Crippen LogP contribution in [-0.2, 0) is 9.53 Å². The molecule has 1 aromatic carbocycles. The monoisotopic (exact) mass is 557 g/mol. The number of hydrogen-bond donors (Lipinski definition) is 1. The quantitative estimate of drug-likeness (QED) is 0.281. The first-order valence-corrected chi connectivity index (χ1v) is 14.5. The van der Waals surface area contributed by atoms with Gasteiger partial charge in [0.15, 0.2) is 17.3 Å². The summed E-state index contributed by atoms with van der Waals surface area (Å²) in [4.78, 5) is 35.9. The molecule has 1 aromatic heterocycles. The summed E-state index contributed by atoms with van der Waals surface area (Å²) in [6.07, 6.45) is 3.82. The van der Waals surface area contributed by atoms with Gasteiger partial charge in [0.1, 0.15) is 0 Å². The molecular formula is C29H39N3O6S. The Balaban J connectivity index is 1.64. The Morgan fingerprint density at radius 1 is 1.15 bits per heavy atom. The number of rotatable bonds is 13. The average molecular weight is 558 g/mol. The van der Waals surface area contributed by atoms with Crippen LogP contribution < -0.4 is 9.47 Å². The first-order chi connectivity index (χ1) is 18.8. The Kier molecular flexibility index (Phi) is 9.99. The molecule has 3 heterocycles. The van der Waals surface area contributed by atoms with Gasteiger partial charge in [0.05, 0.1) is 54.1 Å². The average Bonchev–Trinajstić information content (AvgIpc) is 3.41. The molecule has 1 atom stereocenters. The van der Waals surface area contributed by atoms with Crippen LogP contribution in [0.2, 0.25) is 0 Å². The fraction of sp³-hybridized carbons (Fsp3) is 0.552. The minimum Gasteiger partial charge on any atom is -0.503 e. The third-order valence-electron chi connectivity index (χ3n) is 7.14. The Morgan fingerprint density at radius 2 is 1.92 bits per heavy atom. The number of morpholine rings is 1. The number of benzene rings is 1. The Bertz CT molecular complexity index is 1200. The highest BCUT2D eigenvalue weighted by Crippen LogP contribution is 2.42. The molecule has 1 fully saturated rings. The molecule has 0 bridgehead atoms. The van der Waals surface area contributed by atoms with E-state index in [9.17, 15) is 14.7 Å². The number of thiazole rings is 1. The van der Waals surface area contributed by atoms with Gasteiger partial charge in [-0.2, -0.15) is 0 Å². The molecule has 0 saturated carbocycles. The molecule has 39 heavy (non-hydrogen) atoms. The van der Waals surface area contributed by atoms with Crippen molar-refractivity contribution in [2.45, 2.75) is 52.5 Å². The highest BCUT2D eigenvalue weighted by molar-refractivity contribution is 7.14. The van der Waals surface area contributed by atoms with Crippen LogP contribution in [0.15, 0.2) is 29.5 Å². The molecule has 9 nitrogen and oxygen atoms in total. The van der Waals surface area contributed by atoms with Gasteiger partial charge in [-0.3, -0.25) is 14.5 Å². The second-order valence-corrected chi connectivity index (χ2v) is 11.1. The van der Waals surface area contributed by atoms with E-state index < -0.39 is 17.7 Å². The minimum absolute atomic E-state index is 0.0804. The van der Waals surface area contributed by atoms with E-state index in [-0.39, 0.29) is 11.4 Å². The van der Waals surface area contributed by atoms with Crippen LogP contribution in [0.1, 0.15) is 64.6 Å². The van der Waals surface area contributed by atoms with Gasteiger partial charge < -0.3 is 24.2 Å². The molecule has 1 unspecified atom stereocenters. The molecule has 1 amide bonds. The number of nitrogens with zero attached hydrogens (tertiary/aromatic N) is 3. The second kappa shape index (κ2) is 13.4. The van der Waals surface area contributed by atoms with E-state index in [1.807, 2.05) is 19.1 Å². The summed E-state index contributed by atoms with van der Waals surface area (Å²) in [5, 5.41) is 11.8. The number of hydrogen-bond acceptors (Lipinski definition) is 9. The van der Waals surface area contributed by atoms with E-state index in [0.717, 1.165) is 43.9 Å². The largest absolute Gasteiger partial charge is 0.503 e. The maximum absolute atomic E-state index is 13.8. The lowest BCUT2D eigenvalue weighted by Gasteiger charge is -2.30. The topological polar surface area (TPSA) is 101 Å². The lowest BCUT2D eigenvalue weighted by Crippen LogP contribution is -2.39. The molecule has 4 rings (SSSR count). The number of ketones is 1. The SMILES string of the molecule is CCCCCOc1ccc(C2C(C(=O)c3sc(C)nc3C)=C(O)C(=O)N2CCCN2CCOCC2)cc1OC. The lowest BCUT2D eigenvalue weighted by atomic mass is 9.94. The molecule has 10 heteroatoms. The number of aliphatic hydroxyl groups is 1. The molecule has 2 aromatic rings. The lowest BCUT2D eigenvalue weighted by molar-refractivity contribution is -0.129. The number of amides is 1. The maximum Gasteiger partial charge on any atom is 0.290 e. The summed E-state index contributed by atoms with van der Waals surface area (Å²) in [6.45, 7) is 10.6. The van der Waals surface area contributed by atoms with Crippen LogP contribution in [0.25, 0.3) is 0 Å². The number of Topliss-reactive ketones (excluding diaryl/α,β-unsaturated/α-hetero) is 1. The number of ether oxygens (including phenoxy) is 3. The van der Waals surface area contributed by atoms with Gasteiger partial charge in [-0.15, -0.1) is 11.3 Å². The summed E-state index contributed by atoms with van der Waals surface area (Å²) in [6, 6.07) is 4.72. The van der Waals surface area contributed by atoms with Crippen LogP contribution in [0, 0.1) is 13.8 Å². The van der Waals surface area contributed by atoms with Crippen molar-refractivity contribution in [2.24, 2.45) is 0 Å². The molecule has 0 radical (unpaired) electrons. The molecule has 2 aliphatic rings. The zero-order chi connectivity index (χ0) is 27.9. The number of aromatic nitrogens is 1. The van der Waals surface area contributed by atoms with Crippen LogP contribution >= 0.6 is 11.3 Å². The summed E-state index contributed by atoms with van der Waals surface area (Å²) < 4.78 is 17.0. The van der Waals surface area contributed by atoms with E-state index in [4.69, 9.17) is 14.2 Å². The number of aliphatic hydroxyl groups excluding tert-OH is 1. The fourth-order valence-electron chi connectivity index (χ4n) is 5.12. The van der Waals surface area contributed by atoms with Crippen LogP contribution in [0.3, 0.4) is 0 Å². The Hall–Kier alpha value is -2.95. The van der Waals surface area contributed by atoms with Crippen molar-refractivity contribution in [3.8, 4) is 11.5 Å². The zero-order valence-electron chi connectivity index (χ0n) is 23.3. The normalized spacial score (nSPS) is 18.2. The zero-order valence-corrected chi connectivity index (χ0v) is 24.1. The molecule has 1 saturated heterocycles. The van der Waals surface area contributed by atoms with Crippen molar-refractivity contribution < 1.29 is 28.9 Å². The molecule has 212 valence electrons. The van der Waals surface area contributed by atoms with Crippen molar-refractivity contribution in [2.75, 3.05) is 53.1 Å². The van der Waals surface area contributed by atoms with E-state index in [0.29, 0.717) is 60.4 Å². The third-order valence-corrected chi connectivity index (χ3v) is 8.22. The van der Waals surface area contributed by atoms with Gasteiger partial charge in [0.2, 0.25) is 5.78 Å². The summed E-state index contributed by atoms with van der Waals surface area (Å²) >= 11 is 1.27. The van der Waals surface area contributed by atoms with Gasteiger partial charge in [-0.1, -0.05) is 25.8 Å². The van der Waals surface area contributed by atoms with E-state index >= 15 is 0 Å². The van der Waals surface area contributed by atoms with Gasteiger partial charge in [0, 0.05) is 26.2 Å². The van der Waals surface area contributed by atoms with Gasteiger partial charge in [0.25, 0.3) is 5.91 Å². The number of carbonyl (C=O) groups excluding carboxylic acids is 2. The summed E-state index contributed by atoms with van der Waals surface area (Å²) in [5.41, 5.74) is 1.35. The van der Waals surface area contributed by atoms with Crippen LogP contribution in [0.5, 0.6) is 11.5 Å². The third kappa shape index (κ3) is 6.62. The highest BCUT2D eigenvalue weighted by atomic mass is 32.1. The first kappa shape index (κ1) is 29.0. The number of methoxy groups -OCH3 is 1. The summed E-state index contributed by atoms with van der Waals surface area (Å²) in [7, 11) is 1.57. The molecule has 2 aliphatic heterocycles. The van der Waals surface area contributed by atoms with Crippen LogP contribution in [-0.4, -0.2) is 84.7 Å². The molecule has 1 N–H and O–H groups in total. The highest BCUT2D eigenvalue weighted by Gasteiger charge is 2.44. The van der Waals surface area contributed by atoms with E-state index in [2.05, 4.69) is 16.8 Å². The predicted octanol–water partition coefficient (Wildman–Crippen LogP) is 4.64. The fourth-order valence-corrected chi connectivity index (χ4v) is 6.00. The van der Waals surface area contributed by atoms with Crippen molar-refractivity contribution in [1.29, 1.82) is 0 Å². The second-order valence-electron chi connectivity index (χ2n) is 9.91. The van der Waals surface area contributed by atoms with Crippen molar-refractivity contribution >= 4 is 23.0 Å². The van der Waals surface area contributed by atoms with Crippen LogP contribution in [0.4, 0.5) is 0 Å². The minimum atomic E-state index is -0.750. The number of aryl methyl sites for hydroxylation is 2. The van der Waals surface area contributed by atoms with Gasteiger partial charge >= 0.3 is 0 Å². The Labute approximate surface area is 234 Å². The Morgan fingerprint density at radius 3 is 2.59 bits per heavy atom. The number of unbranched alkanes of at least 4 members (excludes halogenated alkanes) is 2. The van der Waals surface area contributed by atoms with E-state index in [1.165, 1.54) is 11.3 Å². The first-order valence-electron chi connectivity index (χ1n) is 13.7. The van der Waals surface area contributed by atoms with Gasteiger partial charge in [-0.25, -0.2) is 4.98 Å². The molecule has 0 aliphatic carbocycles. The number of carbonyl (C=O) groups is 2. The molecule has 0 spiro atoms. The van der Waals surface area contributed by atoms with E-state index in [1.54, 1.807) is 25.0 Å². The maximum atomic E-state index is 13.8. The van der Waals surface area contributed by atoms with Crippen molar-refractivity contribution in [3.05, 3.63) is 50.7 Å². The molecular weight excluding hydrogens is 518 g/mol. The van der Waals surface area contributed by atoms with Crippen molar-refractivity contribution in [1.82, 2.24) is 14.8 Å². The summed E-state index contributed by atoms with van der Waals surface area (Å²) in [5.74, 6) is -0.282. The standard InChI is InChI=1S/C29H39N3O6S/c1-5-6-7-15-38-22-10-9-21(18-23(22)36-4)25-24(26(33)28-19(2)30-20(3)39-28)27(34)29(35)32(25)12-8-11-31-13-16-37-17-14-31/h9-10,18,25,34H,5-8,11-17H2,1-4H3.